The molecule has 0 amide bonds. The minimum Gasteiger partial charge on any atom is -0.481 e. The van der Waals surface area contributed by atoms with Crippen LogP contribution in [0.1, 0.15) is 18.0 Å². The lowest BCUT2D eigenvalue weighted by molar-refractivity contribution is -0.137. The Morgan fingerprint density at radius 1 is 1.47 bits per heavy atom. The Hall–Kier alpha value is -1.94. The third kappa shape index (κ3) is 2.60. The summed E-state index contributed by atoms with van der Waals surface area (Å²) in [6.45, 7) is 0. The number of nitrogens with one attached hydrogen (secondary N) is 1. The van der Waals surface area contributed by atoms with Crippen molar-refractivity contribution >= 4 is 16.9 Å². The lowest BCUT2D eigenvalue weighted by Crippen LogP contribution is -2.19. The average Bonchev–Trinajstić information content (AvgIpc) is 2.35. The van der Waals surface area contributed by atoms with Crippen LogP contribution in [-0.2, 0) is 4.79 Å². The van der Waals surface area contributed by atoms with Crippen molar-refractivity contribution in [1.29, 1.82) is 0 Å². The number of rotatable bonds is 4. The molecule has 2 rings (SSSR count). The van der Waals surface area contributed by atoms with Crippen LogP contribution < -0.4 is 5.32 Å². The Labute approximate surface area is 99.3 Å². The molecule has 4 nitrogen and oxygen atoms in total. The van der Waals surface area contributed by atoms with Crippen LogP contribution in [0.15, 0.2) is 36.5 Å². The van der Waals surface area contributed by atoms with Crippen molar-refractivity contribution in [3.63, 3.8) is 0 Å². The van der Waals surface area contributed by atoms with Crippen LogP contribution in [0.5, 0.6) is 0 Å². The van der Waals surface area contributed by atoms with Gasteiger partial charge in [0, 0.05) is 17.6 Å². The van der Waals surface area contributed by atoms with Gasteiger partial charge in [-0.15, -0.1) is 0 Å². The number of carbonyl (C=O) groups is 1. The van der Waals surface area contributed by atoms with Crippen LogP contribution in [0.25, 0.3) is 10.9 Å². The third-order valence-corrected chi connectivity index (χ3v) is 2.76. The van der Waals surface area contributed by atoms with Gasteiger partial charge in [-0.2, -0.15) is 0 Å². The topological polar surface area (TPSA) is 62.2 Å². The first-order valence-corrected chi connectivity index (χ1v) is 5.44. The van der Waals surface area contributed by atoms with Gasteiger partial charge in [-0.1, -0.05) is 12.1 Å². The molecule has 0 radical (unpaired) electrons. The van der Waals surface area contributed by atoms with E-state index in [4.69, 9.17) is 5.11 Å². The van der Waals surface area contributed by atoms with E-state index in [9.17, 15) is 4.79 Å². The maximum atomic E-state index is 10.8. The van der Waals surface area contributed by atoms with Gasteiger partial charge in [-0.05, 0) is 30.8 Å². The summed E-state index contributed by atoms with van der Waals surface area (Å²) in [7, 11) is 1.76. The molecule has 0 spiro atoms. The highest BCUT2D eigenvalue weighted by atomic mass is 16.4. The average molecular weight is 230 g/mol. The van der Waals surface area contributed by atoms with Gasteiger partial charge in [-0.3, -0.25) is 9.78 Å². The van der Waals surface area contributed by atoms with Crippen molar-refractivity contribution in [3.05, 3.63) is 42.1 Å². The highest BCUT2D eigenvalue weighted by molar-refractivity contribution is 5.79. The molecule has 0 saturated carbocycles. The molecule has 1 atom stereocenters. The molecule has 2 aromatic rings. The summed E-state index contributed by atoms with van der Waals surface area (Å²) in [5, 5.41) is 12.9. The summed E-state index contributed by atoms with van der Waals surface area (Å²) in [6.07, 6.45) is 1.82. The van der Waals surface area contributed by atoms with Crippen LogP contribution >= 0.6 is 0 Å². The second-order valence-electron chi connectivity index (χ2n) is 3.89. The number of pyridine rings is 1. The molecule has 0 bridgehead atoms. The highest BCUT2D eigenvalue weighted by Gasteiger charge is 2.13. The summed E-state index contributed by atoms with van der Waals surface area (Å²) < 4.78 is 0. The van der Waals surface area contributed by atoms with Crippen LogP contribution in [-0.4, -0.2) is 23.1 Å². The van der Waals surface area contributed by atoms with Gasteiger partial charge < -0.3 is 10.4 Å². The summed E-state index contributed by atoms with van der Waals surface area (Å²) >= 11 is 0. The van der Waals surface area contributed by atoms with Crippen LogP contribution in [0.4, 0.5) is 0 Å². The van der Waals surface area contributed by atoms with Crippen LogP contribution in [0.3, 0.4) is 0 Å². The van der Waals surface area contributed by atoms with Gasteiger partial charge in [0.25, 0.3) is 0 Å². The standard InChI is InChI=1S/C13H14N2O2/c1-14-12(8-13(16)17)10-4-5-11-9(7-10)3-2-6-15-11/h2-7,12,14H,8H2,1H3,(H,16,17). The van der Waals surface area contributed by atoms with Crippen molar-refractivity contribution in [3.8, 4) is 0 Å². The van der Waals surface area contributed by atoms with E-state index in [1.165, 1.54) is 0 Å². The minimum absolute atomic E-state index is 0.0717. The van der Waals surface area contributed by atoms with E-state index in [1.54, 1.807) is 13.2 Å². The molecule has 0 saturated heterocycles. The van der Waals surface area contributed by atoms with Crippen molar-refractivity contribution < 1.29 is 9.90 Å². The van der Waals surface area contributed by atoms with E-state index in [0.717, 1.165) is 16.5 Å². The van der Waals surface area contributed by atoms with Gasteiger partial charge >= 0.3 is 5.97 Å². The van der Waals surface area contributed by atoms with Gasteiger partial charge in [0.2, 0.25) is 0 Å². The molecule has 1 aromatic heterocycles. The van der Waals surface area contributed by atoms with E-state index in [-0.39, 0.29) is 12.5 Å². The van der Waals surface area contributed by atoms with Gasteiger partial charge in [0.1, 0.15) is 0 Å². The monoisotopic (exact) mass is 230 g/mol. The van der Waals surface area contributed by atoms with Crippen LogP contribution in [0, 0.1) is 0 Å². The lowest BCUT2D eigenvalue weighted by Gasteiger charge is -2.14. The van der Waals surface area contributed by atoms with E-state index >= 15 is 0 Å². The second-order valence-corrected chi connectivity index (χ2v) is 3.89. The molecule has 17 heavy (non-hydrogen) atoms. The number of carboxylic acid groups (broad SMARTS) is 1. The Morgan fingerprint density at radius 3 is 3.00 bits per heavy atom. The quantitative estimate of drug-likeness (QED) is 0.843. The molecule has 0 fully saturated rings. The van der Waals surface area contributed by atoms with E-state index in [2.05, 4.69) is 10.3 Å². The lowest BCUT2D eigenvalue weighted by atomic mass is 10.0. The number of aliphatic carboxylic acids is 1. The van der Waals surface area contributed by atoms with Crippen molar-refractivity contribution in [1.82, 2.24) is 10.3 Å². The smallest absolute Gasteiger partial charge is 0.305 e. The van der Waals surface area contributed by atoms with Crippen LogP contribution in [0.2, 0.25) is 0 Å². The molecule has 0 aliphatic carbocycles. The van der Waals surface area contributed by atoms with E-state index in [0.29, 0.717) is 0 Å². The Morgan fingerprint density at radius 2 is 2.29 bits per heavy atom. The first-order valence-electron chi connectivity index (χ1n) is 5.44. The maximum absolute atomic E-state index is 10.8. The molecule has 0 aliphatic heterocycles. The zero-order chi connectivity index (χ0) is 12.3. The normalized spacial score (nSPS) is 12.5. The first-order chi connectivity index (χ1) is 8.20. The minimum atomic E-state index is -0.810. The zero-order valence-corrected chi connectivity index (χ0v) is 9.55. The SMILES string of the molecule is CNC(CC(=O)O)c1ccc2ncccc2c1. The third-order valence-electron chi connectivity index (χ3n) is 2.76. The van der Waals surface area contributed by atoms with Crippen molar-refractivity contribution in [2.24, 2.45) is 0 Å². The van der Waals surface area contributed by atoms with E-state index in [1.807, 2.05) is 30.3 Å². The Kier molecular flexibility index (Phi) is 3.35. The molecule has 1 unspecified atom stereocenters. The maximum Gasteiger partial charge on any atom is 0.305 e. The number of hydrogen-bond acceptors (Lipinski definition) is 3. The molecule has 1 heterocycles. The molecule has 4 heteroatoms. The second kappa shape index (κ2) is 4.93. The zero-order valence-electron chi connectivity index (χ0n) is 9.55. The summed E-state index contributed by atoms with van der Waals surface area (Å²) in [5.41, 5.74) is 1.89. The summed E-state index contributed by atoms with van der Waals surface area (Å²) in [5.74, 6) is -0.810. The molecule has 2 N–H and O–H groups in total. The molecule has 88 valence electrons. The fourth-order valence-electron chi connectivity index (χ4n) is 1.87. The number of aromatic nitrogens is 1. The predicted octanol–water partition coefficient (Wildman–Crippen LogP) is 1.97. The summed E-state index contributed by atoms with van der Waals surface area (Å²) in [4.78, 5) is 15.0. The number of benzene rings is 1. The number of carboxylic acids is 1. The van der Waals surface area contributed by atoms with E-state index < -0.39 is 5.97 Å². The molecular formula is C13H14N2O2. The number of hydrogen-bond donors (Lipinski definition) is 2. The first kappa shape index (κ1) is 11.5. The Balaban J connectivity index is 2.37. The Bertz CT molecular complexity index is 540. The predicted molar refractivity (Wildman–Crippen MR) is 65.8 cm³/mol. The largest absolute Gasteiger partial charge is 0.481 e. The van der Waals surface area contributed by atoms with Crippen molar-refractivity contribution in [2.45, 2.75) is 12.5 Å². The molecule has 1 aromatic carbocycles. The molecular weight excluding hydrogens is 216 g/mol. The molecule has 0 aliphatic rings. The van der Waals surface area contributed by atoms with Gasteiger partial charge in [-0.25, -0.2) is 0 Å². The fourth-order valence-corrected chi connectivity index (χ4v) is 1.87. The number of fused-ring (bicyclic) bond motifs is 1. The van der Waals surface area contributed by atoms with Gasteiger partial charge in [0.15, 0.2) is 0 Å². The fraction of sp³-hybridized carbons (Fsp3) is 0.231. The number of nitrogens with zero attached hydrogens (tertiary/aromatic N) is 1. The van der Waals surface area contributed by atoms with Crippen molar-refractivity contribution in [2.75, 3.05) is 7.05 Å². The van der Waals surface area contributed by atoms with Gasteiger partial charge in [0.05, 0.1) is 11.9 Å². The highest BCUT2D eigenvalue weighted by Crippen LogP contribution is 2.21. The summed E-state index contributed by atoms with van der Waals surface area (Å²) in [6, 6.07) is 9.48.